The number of hydrogen-bond acceptors (Lipinski definition) is 4. The topological polar surface area (TPSA) is 36.4 Å². The summed E-state index contributed by atoms with van der Waals surface area (Å²) in [7, 11) is 3.57. The number of halogens is 6. The van der Waals surface area contributed by atoms with E-state index in [1.54, 1.807) is 19.0 Å². The molecule has 0 aliphatic carbocycles. The van der Waals surface area contributed by atoms with E-state index in [4.69, 9.17) is 0 Å². The molecule has 0 aliphatic rings. The predicted octanol–water partition coefficient (Wildman–Crippen LogP) is 5.22. The smallest absolute Gasteiger partial charge is 0.308 e. The van der Waals surface area contributed by atoms with Crippen molar-refractivity contribution in [2.45, 2.75) is 6.18 Å². The number of fused-ring (bicyclic) bond motifs is 1. The molecule has 0 atom stereocenters. The molecule has 0 saturated carbocycles. The van der Waals surface area contributed by atoms with E-state index in [0.717, 1.165) is 41.7 Å². The van der Waals surface area contributed by atoms with Gasteiger partial charge in [-0.15, -0.1) is 12.4 Å². The van der Waals surface area contributed by atoms with Crippen molar-refractivity contribution in [3.63, 3.8) is 0 Å². The Balaban J connectivity index is 0.00000320. The molecule has 0 bridgehead atoms. The van der Waals surface area contributed by atoms with Crippen molar-refractivity contribution >= 4 is 45.0 Å². The van der Waals surface area contributed by atoms with E-state index >= 15 is 0 Å². The van der Waals surface area contributed by atoms with Gasteiger partial charge in [0.2, 0.25) is 0 Å². The average molecular weight is 466 g/mol. The van der Waals surface area contributed by atoms with Gasteiger partial charge in [0.15, 0.2) is 10.9 Å². The number of likely N-dealkylation sites (N-methyl/N-ethyl adjacent to an activating group) is 1. The molecule has 1 amide bonds. The highest BCUT2D eigenvalue weighted by molar-refractivity contribution is 7.22. The minimum absolute atomic E-state index is 0. The molecule has 0 aliphatic heterocycles. The van der Waals surface area contributed by atoms with Gasteiger partial charge in [-0.25, -0.2) is 13.8 Å². The van der Waals surface area contributed by atoms with Gasteiger partial charge in [-0.3, -0.25) is 9.69 Å². The van der Waals surface area contributed by atoms with Crippen molar-refractivity contribution < 1.29 is 26.7 Å². The molecule has 0 radical (unpaired) electrons. The molecule has 11 heteroatoms. The third-order valence-electron chi connectivity index (χ3n) is 4.11. The lowest BCUT2D eigenvalue weighted by atomic mass is 10.1. The molecule has 0 spiro atoms. The first-order valence-corrected chi connectivity index (χ1v) is 9.27. The summed E-state index contributed by atoms with van der Waals surface area (Å²) in [5.41, 5.74) is -0.907. The summed E-state index contributed by atoms with van der Waals surface area (Å²) in [5.74, 6) is -2.20. The SMILES string of the molecule is CN(C)CCN(C(=O)c1ccc(C(F)(F)F)cc1)c1nc2c(F)cc(F)cc2s1.Cl. The van der Waals surface area contributed by atoms with Crippen LogP contribution in [0.3, 0.4) is 0 Å². The molecule has 0 saturated heterocycles. The van der Waals surface area contributed by atoms with Gasteiger partial charge < -0.3 is 4.90 Å². The fourth-order valence-electron chi connectivity index (χ4n) is 2.60. The van der Waals surface area contributed by atoms with Crippen LogP contribution in [-0.2, 0) is 6.18 Å². The van der Waals surface area contributed by atoms with Gasteiger partial charge in [0.1, 0.15) is 11.3 Å². The minimum Gasteiger partial charge on any atom is -0.308 e. The van der Waals surface area contributed by atoms with Crippen molar-refractivity contribution in [2.75, 3.05) is 32.1 Å². The van der Waals surface area contributed by atoms with Gasteiger partial charge in [0.25, 0.3) is 5.91 Å². The molecular weight excluding hydrogens is 449 g/mol. The molecule has 0 N–H and O–H groups in total. The average Bonchev–Trinajstić information content (AvgIpc) is 3.05. The van der Waals surface area contributed by atoms with Gasteiger partial charge in [-0.05, 0) is 44.4 Å². The van der Waals surface area contributed by atoms with Crippen LogP contribution in [0.15, 0.2) is 36.4 Å². The van der Waals surface area contributed by atoms with Gasteiger partial charge in [-0.1, -0.05) is 11.3 Å². The molecule has 1 aromatic heterocycles. The van der Waals surface area contributed by atoms with Crippen molar-refractivity contribution in [1.29, 1.82) is 0 Å². The first-order chi connectivity index (χ1) is 13.6. The molecule has 2 aromatic carbocycles. The number of amides is 1. The number of hydrogen-bond donors (Lipinski definition) is 0. The maximum absolute atomic E-state index is 14.0. The molecule has 3 aromatic rings. The number of thiazole rings is 1. The number of rotatable bonds is 5. The Morgan fingerprint density at radius 1 is 1.07 bits per heavy atom. The largest absolute Gasteiger partial charge is 0.416 e. The third-order valence-corrected chi connectivity index (χ3v) is 5.13. The lowest BCUT2D eigenvalue weighted by molar-refractivity contribution is -0.137. The number of carbonyl (C=O) groups excluding carboxylic acids is 1. The summed E-state index contributed by atoms with van der Waals surface area (Å²) in [6.45, 7) is 0.593. The Hall–Kier alpha value is -2.30. The van der Waals surface area contributed by atoms with Crippen molar-refractivity contribution in [3.05, 3.63) is 59.2 Å². The lowest BCUT2D eigenvalue weighted by Crippen LogP contribution is -2.36. The summed E-state index contributed by atoms with van der Waals surface area (Å²) in [5, 5.41) is 0.135. The van der Waals surface area contributed by atoms with Gasteiger partial charge >= 0.3 is 6.18 Å². The van der Waals surface area contributed by atoms with Crippen molar-refractivity contribution in [1.82, 2.24) is 9.88 Å². The maximum atomic E-state index is 14.0. The third kappa shape index (κ3) is 5.24. The number of anilines is 1. The Morgan fingerprint density at radius 2 is 1.70 bits per heavy atom. The van der Waals surface area contributed by atoms with Crippen LogP contribution in [0.25, 0.3) is 10.2 Å². The number of nitrogens with zero attached hydrogens (tertiary/aromatic N) is 3. The highest BCUT2D eigenvalue weighted by Crippen LogP contribution is 2.33. The first-order valence-electron chi connectivity index (χ1n) is 8.45. The first kappa shape index (κ1) is 24.0. The molecule has 3 rings (SSSR count). The number of carbonyl (C=O) groups is 1. The second kappa shape index (κ2) is 9.23. The highest BCUT2D eigenvalue weighted by Gasteiger charge is 2.31. The molecule has 1 heterocycles. The Labute approximate surface area is 179 Å². The maximum Gasteiger partial charge on any atom is 0.416 e. The van der Waals surface area contributed by atoms with E-state index in [2.05, 4.69) is 4.98 Å². The number of benzene rings is 2. The van der Waals surface area contributed by atoms with E-state index in [-0.39, 0.29) is 39.9 Å². The fourth-order valence-corrected chi connectivity index (χ4v) is 3.63. The molecule has 0 fully saturated rings. The summed E-state index contributed by atoms with van der Waals surface area (Å²) in [4.78, 5) is 20.2. The zero-order valence-corrected chi connectivity index (χ0v) is 17.5. The van der Waals surface area contributed by atoms with Crippen molar-refractivity contribution in [2.24, 2.45) is 0 Å². The summed E-state index contributed by atoms with van der Waals surface area (Å²) < 4.78 is 66.0. The quantitative estimate of drug-likeness (QED) is 0.484. The zero-order valence-electron chi connectivity index (χ0n) is 15.8. The van der Waals surface area contributed by atoms with Crippen LogP contribution in [0.5, 0.6) is 0 Å². The Morgan fingerprint density at radius 3 is 2.27 bits per heavy atom. The van der Waals surface area contributed by atoms with E-state index in [1.807, 2.05) is 0 Å². The normalized spacial score (nSPS) is 11.6. The van der Waals surface area contributed by atoms with Crippen LogP contribution >= 0.6 is 23.7 Å². The fraction of sp³-hybridized carbons (Fsp3) is 0.263. The summed E-state index contributed by atoms with van der Waals surface area (Å²) >= 11 is 0.931. The minimum atomic E-state index is -4.51. The van der Waals surface area contributed by atoms with Crippen LogP contribution in [0.4, 0.5) is 27.1 Å². The Bertz CT molecular complexity index is 1040. The van der Waals surface area contributed by atoms with E-state index in [9.17, 15) is 26.7 Å². The van der Waals surface area contributed by atoms with Gasteiger partial charge in [0, 0.05) is 24.7 Å². The van der Waals surface area contributed by atoms with Crippen LogP contribution < -0.4 is 4.90 Å². The van der Waals surface area contributed by atoms with Crippen LogP contribution in [0.1, 0.15) is 15.9 Å². The molecule has 4 nitrogen and oxygen atoms in total. The molecule has 0 unspecified atom stereocenters. The standard InChI is InChI=1S/C19H16F5N3OS.ClH/c1-26(2)7-8-27(17(28)11-3-5-12(6-4-11)19(22,23)24)18-25-16-14(21)9-13(20)10-15(16)29-18;/h3-6,9-10H,7-8H2,1-2H3;1H. The van der Waals surface area contributed by atoms with Gasteiger partial charge in [0.05, 0.1) is 10.3 Å². The molecule has 30 heavy (non-hydrogen) atoms. The van der Waals surface area contributed by atoms with E-state index in [0.29, 0.717) is 12.6 Å². The lowest BCUT2D eigenvalue weighted by Gasteiger charge is -2.22. The van der Waals surface area contributed by atoms with Crippen LogP contribution in [-0.4, -0.2) is 43.0 Å². The van der Waals surface area contributed by atoms with Crippen LogP contribution in [0, 0.1) is 11.6 Å². The highest BCUT2D eigenvalue weighted by atomic mass is 35.5. The molecular formula is C19H17ClF5N3OS. The van der Waals surface area contributed by atoms with E-state index < -0.39 is 29.3 Å². The number of aromatic nitrogens is 1. The second-order valence-electron chi connectivity index (χ2n) is 6.57. The number of alkyl halides is 3. The zero-order chi connectivity index (χ0) is 21.3. The second-order valence-corrected chi connectivity index (χ2v) is 7.58. The van der Waals surface area contributed by atoms with Crippen molar-refractivity contribution in [3.8, 4) is 0 Å². The summed E-state index contributed by atoms with van der Waals surface area (Å²) in [6.07, 6.45) is -4.51. The Kier molecular flexibility index (Phi) is 7.38. The predicted molar refractivity (Wildman–Crippen MR) is 108 cm³/mol. The van der Waals surface area contributed by atoms with E-state index in [1.165, 1.54) is 4.90 Å². The monoisotopic (exact) mass is 465 g/mol. The summed E-state index contributed by atoms with van der Waals surface area (Å²) in [6, 6.07) is 5.64. The molecule has 162 valence electrons. The van der Waals surface area contributed by atoms with Gasteiger partial charge in [-0.2, -0.15) is 13.2 Å². The van der Waals surface area contributed by atoms with Crippen LogP contribution in [0.2, 0.25) is 0 Å².